The molecule has 1 aromatic heterocycles. The summed E-state index contributed by atoms with van der Waals surface area (Å²) in [5, 5.41) is 11.3. The Morgan fingerprint density at radius 2 is 2.05 bits per heavy atom. The predicted molar refractivity (Wildman–Crippen MR) is 77.1 cm³/mol. The van der Waals surface area contributed by atoms with Crippen molar-refractivity contribution in [3.63, 3.8) is 0 Å². The number of rotatable bonds is 4. The molecule has 2 aromatic rings. The SMILES string of the molecule is COCc1nc(-c2ccc(C)c(OC)c2)nn1C.O=CO. The fourth-order valence-electron chi connectivity index (χ4n) is 1.75. The normalized spacial score (nSPS) is 9.71. The van der Waals surface area contributed by atoms with Crippen molar-refractivity contribution < 1.29 is 19.4 Å². The second kappa shape index (κ2) is 8.01. The third kappa shape index (κ3) is 4.28. The average molecular weight is 293 g/mol. The molecule has 0 aliphatic carbocycles. The second-order valence-corrected chi connectivity index (χ2v) is 4.20. The number of hydrogen-bond acceptors (Lipinski definition) is 5. The summed E-state index contributed by atoms with van der Waals surface area (Å²) in [6, 6.07) is 5.94. The largest absolute Gasteiger partial charge is 0.496 e. The maximum atomic E-state index is 8.36. The van der Waals surface area contributed by atoms with E-state index in [4.69, 9.17) is 19.4 Å². The third-order valence-electron chi connectivity index (χ3n) is 2.79. The molecule has 0 unspecified atom stereocenters. The van der Waals surface area contributed by atoms with E-state index < -0.39 is 0 Å². The van der Waals surface area contributed by atoms with Crippen LogP contribution in [0.4, 0.5) is 0 Å². The number of methoxy groups -OCH3 is 2. The van der Waals surface area contributed by atoms with Gasteiger partial charge in [-0.2, -0.15) is 5.10 Å². The summed E-state index contributed by atoms with van der Waals surface area (Å²) in [5.41, 5.74) is 2.03. The van der Waals surface area contributed by atoms with Crippen molar-refractivity contribution >= 4 is 6.47 Å². The Hall–Kier alpha value is -2.41. The minimum atomic E-state index is -0.250. The Morgan fingerprint density at radius 3 is 2.62 bits per heavy atom. The Labute approximate surface area is 123 Å². The Bertz CT molecular complexity index is 596. The molecule has 1 N–H and O–H groups in total. The van der Waals surface area contributed by atoms with Crippen LogP contribution < -0.4 is 4.74 Å². The number of carbonyl (C=O) groups is 1. The van der Waals surface area contributed by atoms with Gasteiger partial charge < -0.3 is 14.6 Å². The van der Waals surface area contributed by atoms with Gasteiger partial charge in [0.05, 0.1) is 7.11 Å². The highest BCUT2D eigenvalue weighted by Gasteiger charge is 2.10. The highest BCUT2D eigenvalue weighted by molar-refractivity contribution is 5.59. The number of ether oxygens (including phenoxy) is 2. The van der Waals surface area contributed by atoms with Crippen LogP contribution in [0.2, 0.25) is 0 Å². The quantitative estimate of drug-likeness (QED) is 0.862. The summed E-state index contributed by atoms with van der Waals surface area (Å²) in [5.74, 6) is 2.32. The summed E-state index contributed by atoms with van der Waals surface area (Å²) in [7, 11) is 5.16. The number of nitrogens with zero attached hydrogens (tertiary/aromatic N) is 3. The summed E-state index contributed by atoms with van der Waals surface area (Å²) >= 11 is 0. The molecule has 7 nitrogen and oxygen atoms in total. The van der Waals surface area contributed by atoms with Gasteiger partial charge in [0, 0.05) is 19.7 Å². The molecule has 1 heterocycles. The molecule has 0 saturated heterocycles. The molecule has 0 spiro atoms. The predicted octanol–water partition coefficient (Wildman–Crippen LogP) is 1.65. The summed E-state index contributed by atoms with van der Waals surface area (Å²) in [6.45, 7) is 2.21. The maximum absolute atomic E-state index is 8.36. The standard InChI is InChI=1S/C13H17N3O2.CH2O2/c1-9-5-6-10(7-11(9)18-4)13-14-12(8-17-3)16(2)15-13;2-1-3/h5-7H,8H2,1-4H3;1H,(H,2,3). The Morgan fingerprint density at radius 1 is 1.38 bits per heavy atom. The van der Waals surface area contributed by atoms with Gasteiger partial charge in [-0.1, -0.05) is 12.1 Å². The lowest BCUT2D eigenvalue weighted by Crippen LogP contribution is -2.00. The third-order valence-corrected chi connectivity index (χ3v) is 2.79. The molecule has 0 bridgehead atoms. The van der Waals surface area contributed by atoms with E-state index in [1.165, 1.54) is 0 Å². The Kier molecular flexibility index (Phi) is 6.35. The van der Waals surface area contributed by atoms with Crippen molar-refractivity contribution in [1.82, 2.24) is 14.8 Å². The maximum Gasteiger partial charge on any atom is 0.290 e. The van der Waals surface area contributed by atoms with Gasteiger partial charge in [0.25, 0.3) is 6.47 Å². The summed E-state index contributed by atoms with van der Waals surface area (Å²) < 4.78 is 12.1. The molecule has 1 aromatic carbocycles. The highest BCUT2D eigenvalue weighted by Crippen LogP contribution is 2.24. The number of aromatic nitrogens is 3. The minimum Gasteiger partial charge on any atom is -0.496 e. The number of hydrogen-bond donors (Lipinski definition) is 1. The summed E-state index contributed by atoms with van der Waals surface area (Å²) in [6.07, 6.45) is 0. The first-order valence-corrected chi connectivity index (χ1v) is 6.19. The van der Waals surface area contributed by atoms with Crippen molar-refractivity contribution in [2.45, 2.75) is 13.5 Å². The van der Waals surface area contributed by atoms with Gasteiger partial charge in [-0.15, -0.1) is 0 Å². The molecule has 0 amide bonds. The molecule has 2 rings (SSSR count). The smallest absolute Gasteiger partial charge is 0.290 e. The molecule has 0 aliphatic heterocycles. The van der Waals surface area contributed by atoms with Crippen LogP contribution in [-0.4, -0.2) is 40.6 Å². The first-order valence-electron chi connectivity index (χ1n) is 6.19. The Balaban J connectivity index is 0.000000677. The van der Waals surface area contributed by atoms with E-state index >= 15 is 0 Å². The molecule has 0 saturated carbocycles. The van der Waals surface area contributed by atoms with E-state index in [1.807, 2.05) is 32.2 Å². The van der Waals surface area contributed by atoms with Crippen LogP contribution in [0.1, 0.15) is 11.4 Å². The topological polar surface area (TPSA) is 86.5 Å². The molecule has 0 atom stereocenters. The van der Waals surface area contributed by atoms with Crippen molar-refractivity contribution in [3.05, 3.63) is 29.6 Å². The van der Waals surface area contributed by atoms with E-state index in [9.17, 15) is 0 Å². The van der Waals surface area contributed by atoms with Crippen LogP contribution in [0.25, 0.3) is 11.4 Å². The second-order valence-electron chi connectivity index (χ2n) is 4.20. The molecular weight excluding hydrogens is 274 g/mol. The van der Waals surface area contributed by atoms with Gasteiger partial charge in [0.1, 0.15) is 12.4 Å². The van der Waals surface area contributed by atoms with Crippen LogP contribution in [0, 0.1) is 6.92 Å². The van der Waals surface area contributed by atoms with E-state index in [-0.39, 0.29) is 6.47 Å². The van der Waals surface area contributed by atoms with Crippen LogP contribution >= 0.6 is 0 Å². The lowest BCUT2D eigenvalue weighted by Gasteiger charge is -2.05. The number of carboxylic acid groups (broad SMARTS) is 1. The van der Waals surface area contributed by atoms with Crippen LogP contribution in [0.3, 0.4) is 0 Å². The molecule has 21 heavy (non-hydrogen) atoms. The molecule has 114 valence electrons. The highest BCUT2D eigenvalue weighted by atomic mass is 16.5. The lowest BCUT2D eigenvalue weighted by molar-refractivity contribution is -0.122. The zero-order valence-electron chi connectivity index (χ0n) is 12.5. The first-order chi connectivity index (χ1) is 10.1. The van der Waals surface area contributed by atoms with E-state index in [1.54, 1.807) is 18.9 Å². The van der Waals surface area contributed by atoms with Crippen LogP contribution in [0.5, 0.6) is 5.75 Å². The van der Waals surface area contributed by atoms with E-state index in [0.717, 1.165) is 22.7 Å². The van der Waals surface area contributed by atoms with Crippen LogP contribution in [0.15, 0.2) is 18.2 Å². The van der Waals surface area contributed by atoms with Gasteiger partial charge in [0.2, 0.25) is 0 Å². The zero-order chi connectivity index (χ0) is 15.8. The van der Waals surface area contributed by atoms with Gasteiger partial charge in [0.15, 0.2) is 11.6 Å². The lowest BCUT2D eigenvalue weighted by atomic mass is 10.1. The summed E-state index contributed by atoms with van der Waals surface area (Å²) in [4.78, 5) is 12.8. The van der Waals surface area contributed by atoms with Crippen molar-refractivity contribution in [3.8, 4) is 17.1 Å². The van der Waals surface area contributed by atoms with Crippen molar-refractivity contribution in [2.75, 3.05) is 14.2 Å². The van der Waals surface area contributed by atoms with E-state index in [0.29, 0.717) is 12.4 Å². The molecule has 0 aliphatic rings. The number of aryl methyl sites for hydroxylation is 2. The average Bonchev–Trinajstić information content (AvgIpc) is 2.82. The monoisotopic (exact) mass is 293 g/mol. The fourth-order valence-corrected chi connectivity index (χ4v) is 1.75. The van der Waals surface area contributed by atoms with Crippen LogP contribution in [-0.2, 0) is 23.2 Å². The first kappa shape index (κ1) is 16.6. The number of benzene rings is 1. The van der Waals surface area contributed by atoms with Crippen molar-refractivity contribution in [2.24, 2.45) is 7.05 Å². The fraction of sp³-hybridized carbons (Fsp3) is 0.357. The van der Waals surface area contributed by atoms with Crippen molar-refractivity contribution in [1.29, 1.82) is 0 Å². The van der Waals surface area contributed by atoms with Gasteiger partial charge >= 0.3 is 0 Å². The van der Waals surface area contributed by atoms with Gasteiger partial charge in [-0.25, -0.2) is 4.98 Å². The molecule has 0 radical (unpaired) electrons. The molecular formula is C14H19N3O4. The minimum absolute atomic E-state index is 0.250. The molecule has 0 fully saturated rings. The van der Waals surface area contributed by atoms with Gasteiger partial charge in [-0.05, 0) is 18.6 Å². The zero-order valence-corrected chi connectivity index (χ0v) is 12.5. The van der Waals surface area contributed by atoms with E-state index in [2.05, 4.69) is 10.1 Å². The van der Waals surface area contributed by atoms with Gasteiger partial charge in [-0.3, -0.25) is 9.48 Å². The molecule has 7 heteroatoms.